The summed E-state index contributed by atoms with van der Waals surface area (Å²) >= 11 is 0. The summed E-state index contributed by atoms with van der Waals surface area (Å²) in [4.78, 5) is 28.7. The van der Waals surface area contributed by atoms with Gasteiger partial charge in [0.05, 0.1) is 27.0 Å². The summed E-state index contributed by atoms with van der Waals surface area (Å²) in [5.74, 6) is 1.92. The van der Waals surface area contributed by atoms with Crippen molar-refractivity contribution in [2.45, 2.75) is 13.8 Å². The van der Waals surface area contributed by atoms with Crippen molar-refractivity contribution < 1.29 is 23.8 Å². The zero-order valence-corrected chi connectivity index (χ0v) is 18.7. The molecule has 1 fully saturated rings. The third-order valence-corrected chi connectivity index (χ3v) is 5.44. The Hall–Kier alpha value is -3.42. The molecular weight excluding hydrogens is 398 g/mol. The number of Topliss-reactive ketones (excluding diaryl/α,β-unsaturated/α-hetero) is 1. The standard InChI is InChI=1S/C23H29N3O5/c1-15-10-22(31-5)21(14-20(15)16(2)27)24-23(28)26-8-6-25(7-9-26)17-11-18(29-3)13-19(12-17)30-4/h10-14H,6-9H2,1-5H3,(H,24,28). The Morgan fingerprint density at radius 3 is 2.00 bits per heavy atom. The molecule has 0 bridgehead atoms. The maximum Gasteiger partial charge on any atom is 0.322 e. The second kappa shape index (κ2) is 9.59. The van der Waals surface area contributed by atoms with E-state index in [2.05, 4.69) is 10.2 Å². The lowest BCUT2D eigenvalue weighted by Gasteiger charge is -2.36. The number of rotatable bonds is 6. The molecule has 31 heavy (non-hydrogen) atoms. The first-order valence-electron chi connectivity index (χ1n) is 10.1. The molecule has 0 saturated carbocycles. The molecular formula is C23H29N3O5. The van der Waals surface area contributed by atoms with Crippen molar-refractivity contribution in [2.75, 3.05) is 57.7 Å². The van der Waals surface area contributed by atoms with Crippen LogP contribution in [0.15, 0.2) is 30.3 Å². The number of anilines is 2. The number of aryl methyl sites for hydroxylation is 1. The van der Waals surface area contributed by atoms with Crippen LogP contribution in [-0.4, -0.2) is 64.2 Å². The Kier molecular flexibility index (Phi) is 6.89. The van der Waals surface area contributed by atoms with Crippen LogP contribution in [0.5, 0.6) is 17.2 Å². The lowest BCUT2D eigenvalue weighted by atomic mass is 10.0. The van der Waals surface area contributed by atoms with Crippen molar-refractivity contribution in [1.29, 1.82) is 0 Å². The third kappa shape index (κ3) is 5.02. The minimum atomic E-state index is -0.223. The van der Waals surface area contributed by atoms with Gasteiger partial charge in [0.15, 0.2) is 5.78 Å². The van der Waals surface area contributed by atoms with E-state index in [0.29, 0.717) is 43.2 Å². The number of ether oxygens (including phenoxy) is 3. The molecule has 0 aliphatic carbocycles. The number of urea groups is 1. The van der Waals surface area contributed by atoms with Gasteiger partial charge in [0.2, 0.25) is 0 Å². The second-order valence-electron chi connectivity index (χ2n) is 7.40. The molecule has 2 aromatic carbocycles. The van der Waals surface area contributed by atoms with Gasteiger partial charge in [0.25, 0.3) is 0 Å². The van der Waals surface area contributed by atoms with E-state index in [9.17, 15) is 9.59 Å². The molecule has 0 atom stereocenters. The molecule has 3 rings (SSSR count). The first-order valence-corrected chi connectivity index (χ1v) is 10.1. The predicted molar refractivity (Wildman–Crippen MR) is 120 cm³/mol. The van der Waals surface area contributed by atoms with E-state index in [1.165, 1.54) is 6.92 Å². The SMILES string of the molecule is COc1cc(OC)cc(N2CCN(C(=O)Nc3cc(C(C)=O)c(C)cc3OC)CC2)c1. The van der Waals surface area contributed by atoms with Crippen molar-refractivity contribution in [3.8, 4) is 17.2 Å². The summed E-state index contributed by atoms with van der Waals surface area (Å²) in [7, 11) is 4.79. The minimum absolute atomic E-state index is 0.0574. The Labute approximate surface area is 182 Å². The lowest BCUT2D eigenvalue weighted by molar-refractivity contribution is 0.101. The number of nitrogens with zero attached hydrogens (tertiary/aromatic N) is 2. The largest absolute Gasteiger partial charge is 0.497 e. The number of amides is 2. The smallest absolute Gasteiger partial charge is 0.322 e. The van der Waals surface area contributed by atoms with Crippen LogP contribution in [0.3, 0.4) is 0 Å². The number of piperazine rings is 1. The van der Waals surface area contributed by atoms with E-state index in [1.54, 1.807) is 38.4 Å². The molecule has 0 unspecified atom stereocenters. The average molecular weight is 428 g/mol. The highest BCUT2D eigenvalue weighted by Crippen LogP contribution is 2.30. The van der Waals surface area contributed by atoms with E-state index >= 15 is 0 Å². The molecule has 0 spiro atoms. The molecule has 1 aliphatic heterocycles. The fourth-order valence-electron chi connectivity index (χ4n) is 3.66. The Balaban J connectivity index is 1.69. The number of benzene rings is 2. The minimum Gasteiger partial charge on any atom is -0.497 e. The van der Waals surface area contributed by atoms with E-state index in [0.717, 1.165) is 22.7 Å². The van der Waals surface area contributed by atoms with E-state index in [-0.39, 0.29) is 11.8 Å². The number of hydrogen-bond donors (Lipinski definition) is 1. The van der Waals surface area contributed by atoms with Crippen molar-refractivity contribution in [3.63, 3.8) is 0 Å². The first kappa shape index (κ1) is 22.3. The molecule has 1 saturated heterocycles. The van der Waals surface area contributed by atoms with E-state index in [4.69, 9.17) is 14.2 Å². The number of hydrogen-bond acceptors (Lipinski definition) is 6. The van der Waals surface area contributed by atoms with Gasteiger partial charge in [-0.1, -0.05) is 0 Å². The van der Waals surface area contributed by atoms with Crippen molar-refractivity contribution in [2.24, 2.45) is 0 Å². The molecule has 0 radical (unpaired) electrons. The van der Waals surface area contributed by atoms with Gasteiger partial charge in [-0.2, -0.15) is 0 Å². The number of ketones is 1. The fraction of sp³-hybridized carbons (Fsp3) is 0.391. The highest BCUT2D eigenvalue weighted by molar-refractivity contribution is 5.99. The molecule has 2 amide bonds. The van der Waals surface area contributed by atoms with Gasteiger partial charge in [0, 0.05) is 55.6 Å². The zero-order valence-electron chi connectivity index (χ0n) is 18.7. The van der Waals surface area contributed by atoms with Gasteiger partial charge in [-0.05, 0) is 31.5 Å². The van der Waals surface area contributed by atoms with Crippen LogP contribution in [0.4, 0.5) is 16.2 Å². The first-order chi connectivity index (χ1) is 14.9. The van der Waals surface area contributed by atoms with Crippen molar-refractivity contribution >= 4 is 23.2 Å². The monoisotopic (exact) mass is 427 g/mol. The van der Waals surface area contributed by atoms with Crippen LogP contribution >= 0.6 is 0 Å². The van der Waals surface area contributed by atoms with Crippen LogP contribution in [-0.2, 0) is 0 Å². The Morgan fingerprint density at radius 2 is 1.48 bits per heavy atom. The lowest BCUT2D eigenvalue weighted by Crippen LogP contribution is -2.50. The zero-order chi connectivity index (χ0) is 22.5. The van der Waals surface area contributed by atoms with Crippen LogP contribution < -0.4 is 24.4 Å². The summed E-state index contributed by atoms with van der Waals surface area (Å²) in [5, 5.41) is 2.90. The van der Waals surface area contributed by atoms with Crippen molar-refractivity contribution in [3.05, 3.63) is 41.5 Å². The third-order valence-electron chi connectivity index (χ3n) is 5.44. The number of nitrogens with one attached hydrogen (secondary N) is 1. The van der Waals surface area contributed by atoms with Gasteiger partial charge in [-0.25, -0.2) is 4.79 Å². The summed E-state index contributed by atoms with van der Waals surface area (Å²) in [6, 6.07) is 8.96. The molecule has 1 N–H and O–H groups in total. The number of methoxy groups -OCH3 is 3. The molecule has 166 valence electrons. The fourth-order valence-corrected chi connectivity index (χ4v) is 3.66. The van der Waals surface area contributed by atoms with Gasteiger partial charge in [0.1, 0.15) is 17.2 Å². The highest BCUT2D eigenvalue weighted by Gasteiger charge is 2.23. The maximum absolute atomic E-state index is 12.9. The summed E-state index contributed by atoms with van der Waals surface area (Å²) in [5.41, 5.74) is 2.85. The molecule has 1 heterocycles. The molecule has 1 aliphatic rings. The van der Waals surface area contributed by atoms with Crippen LogP contribution in [0.1, 0.15) is 22.8 Å². The van der Waals surface area contributed by atoms with Gasteiger partial charge in [-0.15, -0.1) is 0 Å². The second-order valence-corrected chi connectivity index (χ2v) is 7.40. The van der Waals surface area contributed by atoms with Crippen LogP contribution in [0.25, 0.3) is 0 Å². The topological polar surface area (TPSA) is 80.3 Å². The summed E-state index contributed by atoms with van der Waals surface area (Å²) < 4.78 is 16.1. The van der Waals surface area contributed by atoms with Crippen LogP contribution in [0, 0.1) is 6.92 Å². The van der Waals surface area contributed by atoms with Gasteiger partial charge >= 0.3 is 6.03 Å². The number of carbonyl (C=O) groups excluding carboxylic acids is 2. The van der Waals surface area contributed by atoms with Crippen molar-refractivity contribution in [1.82, 2.24) is 4.90 Å². The molecule has 0 aromatic heterocycles. The average Bonchev–Trinajstić information content (AvgIpc) is 2.79. The Bertz CT molecular complexity index is 946. The van der Waals surface area contributed by atoms with Gasteiger partial charge in [-0.3, -0.25) is 4.79 Å². The van der Waals surface area contributed by atoms with Gasteiger partial charge < -0.3 is 29.3 Å². The van der Waals surface area contributed by atoms with E-state index < -0.39 is 0 Å². The predicted octanol–water partition coefficient (Wildman–Crippen LogP) is 3.58. The highest BCUT2D eigenvalue weighted by atomic mass is 16.5. The van der Waals surface area contributed by atoms with Crippen LogP contribution in [0.2, 0.25) is 0 Å². The maximum atomic E-state index is 12.9. The molecule has 2 aromatic rings. The normalized spacial score (nSPS) is 13.6. The summed E-state index contributed by atoms with van der Waals surface area (Å²) in [6.45, 7) is 5.81. The Morgan fingerprint density at radius 1 is 0.871 bits per heavy atom. The molecule has 8 nitrogen and oxygen atoms in total. The van der Waals surface area contributed by atoms with E-state index in [1.807, 2.05) is 25.1 Å². The quantitative estimate of drug-likeness (QED) is 0.710. The summed E-state index contributed by atoms with van der Waals surface area (Å²) in [6.07, 6.45) is 0. The molecule has 8 heteroatoms. The number of carbonyl (C=O) groups is 2.